The minimum atomic E-state index is 0.256. The Hall–Kier alpha value is -2.95. The number of carbonyl (C=O) groups excluding carboxylic acids is 1. The smallest absolute Gasteiger partial charge is 0.139 e. The van der Waals surface area contributed by atoms with Crippen molar-refractivity contribution in [2.24, 2.45) is 11.8 Å². The maximum atomic E-state index is 12.6. The van der Waals surface area contributed by atoms with Crippen LogP contribution in [0.25, 0.3) is 28.0 Å². The van der Waals surface area contributed by atoms with Crippen LogP contribution in [-0.4, -0.2) is 33.2 Å². The number of aromatic nitrogens is 2. The van der Waals surface area contributed by atoms with Gasteiger partial charge in [0, 0.05) is 35.2 Å². The number of piperidine rings is 1. The number of nitrogens with zero attached hydrogens (tertiary/aromatic N) is 3. The van der Waals surface area contributed by atoms with Crippen molar-refractivity contribution in [1.82, 2.24) is 14.3 Å². The van der Waals surface area contributed by atoms with Crippen LogP contribution in [0.5, 0.6) is 0 Å². The van der Waals surface area contributed by atoms with Crippen LogP contribution in [-0.2, 0) is 11.3 Å². The fourth-order valence-electron chi connectivity index (χ4n) is 5.17. The molecule has 1 saturated heterocycles. The standard InChI is InChI=1S/C29H28ClN3O/c30-25-11-8-21(9-12-25)28-26(19-32-16-14-23(15-17-32)29(34)22-6-7-22)33-18-24(10-13-27(33)31-28)20-4-2-1-3-5-20/h1-5,8-13,18,22-23H,6-7,14-17,19H2. The van der Waals surface area contributed by atoms with Gasteiger partial charge in [0.15, 0.2) is 0 Å². The summed E-state index contributed by atoms with van der Waals surface area (Å²) in [6.07, 6.45) is 6.36. The molecule has 0 spiro atoms. The van der Waals surface area contributed by atoms with Gasteiger partial charge in [-0.3, -0.25) is 9.69 Å². The van der Waals surface area contributed by atoms with Crippen LogP contribution in [0.3, 0.4) is 0 Å². The molecule has 0 unspecified atom stereocenters. The summed E-state index contributed by atoms with van der Waals surface area (Å²) in [6, 6.07) is 22.7. The van der Waals surface area contributed by atoms with Crippen molar-refractivity contribution in [2.75, 3.05) is 13.1 Å². The normalized spacial score (nSPS) is 17.3. The van der Waals surface area contributed by atoms with Crippen molar-refractivity contribution in [1.29, 1.82) is 0 Å². The lowest BCUT2D eigenvalue weighted by molar-refractivity contribution is -0.125. The molecule has 0 amide bonds. The lowest BCUT2D eigenvalue weighted by Gasteiger charge is -2.31. The number of hydrogen-bond donors (Lipinski definition) is 0. The fraction of sp³-hybridized carbons (Fsp3) is 0.310. The molecule has 34 heavy (non-hydrogen) atoms. The Morgan fingerprint density at radius 3 is 2.21 bits per heavy atom. The van der Waals surface area contributed by atoms with Gasteiger partial charge in [-0.25, -0.2) is 4.98 Å². The number of halogens is 1. The van der Waals surface area contributed by atoms with E-state index in [1.807, 2.05) is 30.3 Å². The van der Waals surface area contributed by atoms with Gasteiger partial charge in [0.05, 0.1) is 11.4 Å². The van der Waals surface area contributed by atoms with Gasteiger partial charge in [-0.05, 0) is 74.2 Å². The Balaban J connectivity index is 1.34. The molecule has 1 aliphatic heterocycles. The summed E-state index contributed by atoms with van der Waals surface area (Å²) < 4.78 is 2.24. The summed E-state index contributed by atoms with van der Waals surface area (Å²) in [5.74, 6) is 1.14. The number of pyridine rings is 1. The Morgan fingerprint density at radius 1 is 0.824 bits per heavy atom. The first-order valence-corrected chi connectivity index (χ1v) is 12.6. The molecule has 172 valence electrons. The third-order valence-corrected chi connectivity index (χ3v) is 7.54. The highest BCUT2D eigenvalue weighted by atomic mass is 35.5. The second-order valence-electron chi connectivity index (χ2n) is 9.65. The van der Waals surface area contributed by atoms with E-state index in [0.717, 1.165) is 67.2 Å². The fourth-order valence-corrected chi connectivity index (χ4v) is 5.30. The van der Waals surface area contributed by atoms with Crippen molar-refractivity contribution >= 4 is 23.0 Å². The molecule has 1 aliphatic carbocycles. The van der Waals surface area contributed by atoms with Gasteiger partial charge in [-0.15, -0.1) is 0 Å². The van der Waals surface area contributed by atoms with Gasteiger partial charge in [-0.2, -0.15) is 0 Å². The van der Waals surface area contributed by atoms with Crippen molar-refractivity contribution in [3.05, 3.63) is 83.6 Å². The Morgan fingerprint density at radius 2 is 1.50 bits per heavy atom. The van der Waals surface area contributed by atoms with Crippen LogP contribution in [0.1, 0.15) is 31.4 Å². The number of Topliss-reactive ketones (excluding diaryl/α,β-unsaturated/α-hetero) is 1. The van der Waals surface area contributed by atoms with Crippen LogP contribution in [0.15, 0.2) is 72.9 Å². The summed E-state index contributed by atoms with van der Waals surface area (Å²) in [6.45, 7) is 2.71. The number of likely N-dealkylation sites (tertiary alicyclic amines) is 1. The molecule has 1 saturated carbocycles. The largest absolute Gasteiger partial charge is 0.301 e. The lowest BCUT2D eigenvalue weighted by atomic mass is 9.90. The molecule has 6 rings (SSSR count). The third kappa shape index (κ3) is 4.28. The van der Waals surface area contributed by atoms with Crippen molar-refractivity contribution in [3.63, 3.8) is 0 Å². The first-order valence-electron chi connectivity index (χ1n) is 12.2. The first-order chi connectivity index (χ1) is 16.7. The summed E-state index contributed by atoms with van der Waals surface area (Å²) in [5.41, 5.74) is 6.56. The zero-order valence-corrected chi connectivity index (χ0v) is 19.9. The third-order valence-electron chi connectivity index (χ3n) is 7.29. The maximum absolute atomic E-state index is 12.6. The van der Waals surface area contributed by atoms with Crippen LogP contribution >= 0.6 is 11.6 Å². The predicted molar refractivity (Wildman–Crippen MR) is 137 cm³/mol. The zero-order chi connectivity index (χ0) is 23.1. The SMILES string of the molecule is O=C(C1CC1)C1CCN(Cc2c(-c3ccc(Cl)cc3)nc3ccc(-c4ccccc4)cn23)CC1. The molecule has 0 N–H and O–H groups in total. The van der Waals surface area contributed by atoms with Crippen molar-refractivity contribution in [3.8, 4) is 22.4 Å². The van der Waals surface area contributed by atoms with E-state index in [1.54, 1.807) is 0 Å². The Kier molecular flexibility index (Phi) is 5.72. The number of rotatable bonds is 6. The molecule has 2 aromatic carbocycles. The molecule has 2 aromatic heterocycles. The quantitative estimate of drug-likeness (QED) is 0.323. The average Bonchev–Trinajstić information content (AvgIpc) is 3.68. The molecule has 4 aromatic rings. The maximum Gasteiger partial charge on any atom is 0.139 e. The Bertz CT molecular complexity index is 1320. The summed E-state index contributed by atoms with van der Waals surface area (Å²) in [5, 5.41) is 0.725. The monoisotopic (exact) mass is 469 g/mol. The number of fused-ring (bicyclic) bond motifs is 1. The van der Waals surface area contributed by atoms with Gasteiger partial charge >= 0.3 is 0 Å². The van der Waals surface area contributed by atoms with Gasteiger partial charge < -0.3 is 4.40 Å². The van der Waals surface area contributed by atoms with Gasteiger partial charge in [0.1, 0.15) is 11.4 Å². The highest BCUT2D eigenvalue weighted by molar-refractivity contribution is 6.30. The van der Waals surface area contributed by atoms with E-state index in [-0.39, 0.29) is 5.92 Å². The number of hydrogen-bond acceptors (Lipinski definition) is 3. The van der Waals surface area contributed by atoms with E-state index in [4.69, 9.17) is 16.6 Å². The molecule has 2 fully saturated rings. The molecular formula is C29H28ClN3O. The summed E-state index contributed by atoms with van der Waals surface area (Å²) in [7, 11) is 0. The van der Waals surface area contributed by atoms with Gasteiger partial charge in [-0.1, -0.05) is 54.1 Å². The zero-order valence-electron chi connectivity index (χ0n) is 19.2. The van der Waals surface area contributed by atoms with E-state index in [1.165, 1.54) is 16.8 Å². The van der Waals surface area contributed by atoms with E-state index in [0.29, 0.717) is 11.7 Å². The summed E-state index contributed by atoms with van der Waals surface area (Å²) >= 11 is 6.17. The van der Waals surface area contributed by atoms with Crippen LogP contribution in [0.2, 0.25) is 5.02 Å². The molecule has 0 bridgehead atoms. The van der Waals surface area contributed by atoms with Crippen LogP contribution in [0.4, 0.5) is 0 Å². The van der Waals surface area contributed by atoms with E-state index < -0.39 is 0 Å². The average molecular weight is 470 g/mol. The van der Waals surface area contributed by atoms with Gasteiger partial charge in [0.25, 0.3) is 0 Å². The minimum absolute atomic E-state index is 0.256. The lowest BCUT2D eigenvalue weighted by Crippen LogP contribution is -2.36. The summed E-state index contributed by atoms with van der Waals surface area (Å²) in [4.78, 5) is 20.1. The number of benzene rings is 2. The molecule has 5 heteroatoms. The molecule has 2 aliphatic rings. The highest BCUT2D eigenvalue weighted by Gasteiger charge is 2.36. The van der Waals surface area contributed by atoms with E-state index in [9.17, 15) is 4.79 Å². The van der Waals surface area contributed by atoms with Crippen molar-refractivity contribution in [2.45, 2.75) is 32.2 Å². The second-order valence-corrected chi connectivity index (χ2v) is 10.1. The van der Waals surface area contributed by atoms with Crippen LogP contribution in [0, 0.1) is 11.8 Å². The van der Waals surface area contributed by atoms with Gasteiger partial charge in [0.2, 0.25) is 0 Å². The Labute approximate surface area is 205 Å². The number of ketones is 1. The molecule has 4 nitrogen and oxygen atoms in total. The molecule has 0 atom stereocenters. The predicted octanol–water partition coefficient (Wildman–Crippen LogP) is 6.51. The topological polar surface area (TPSA) is 37.6 Å². The molecular weight excluding hydrogens is 442 g/mol. The number of carbonyl (C=O) groups is 1. The number of imidazole rings is 1. The van der Waals surface area contributed by atoms with Crippen LogP contribution < -0.4 is 0 Å². The molecule has 0 radical (unpaired) electrons. The van der Waals surface area contributed by atoms with E-state index >= 15 is 0 Å². The molecule has 3 heterocycles. The van der Waals surface area contributed by atoms with E-state index in [2.05, 4.69) is 51.9 Å². The highest BCUT2D eigenvalue weighted by Crippen LogP contribution is 2.36. The first kappa shape index (κ1) is 21.6. The second kappa shape index (κ2) is 9.01. The van der Waals surface area contributed by atoms with Crippen molar-refractivity contribution < 1.29 is 4.79 Å². The minimum Gasteiger partial charge on any atom is -0.301 e.